The van der Waals surface area contributed by atoms with E-state index in [4.69, 9.17) is 28.7 Å². The summed E-state index contributed by atoms with van der Waals surface area (Å²) in [6.07, 6.45) is 0. The fourth-order valence-electron chi connectivity index (χ4n) is 0. The Morgan fingerprint density at radius 3 is 1.00 bits per heavy atom. The summed E-state index contributed by atoms with van der Waals surface area (Å²) in [7, 11) is -6.24. The molecule has 0 aromatic rings. The molecule has 0 spiro atoms. The Morgan fingerprint density at radius 1 is 1.00 bits per heavy atom. The fourth-order valence-corrected chi connectivity index (χ4v) is 0. The van der Waals surface area contributed by atoms with Gasteiger partial charge in [-0.1, -0.05) is 0 Å². The summed E-state index contributed by atoms with van der Waals surface area (Å²) in [5, 5.41) is 0. The summed E-state index contributed by atoms with van der Waals surface area (Å²) < 4.78 is 17.2. The van der Waals surface area contributed by atoms with Crippen molar-refractivity contribution in [2.75, 3.05) is 0 Å². The first-order chi connectivity index (χ1) is 3.46. The summed E-state index contributed by atoms with van der Waals surface area (Å²) in [6, 6.07) is 0. The summed E-state index contributed by atoms with van der Waals surface area (Å²) >= 11 is 0. The normalized spacial score (nSPS) is 9.78. The first-order valence-electron chi connectivity index (χ1n) is 1.13. The maximum absolute atomic E-state index is 8.59. The van der Waals surface area contributed by atoms with Crippen LogP contribution in [0.3, 0.4) is 0 Å². The zero-order chi connectivity index (χ0) is 7.15. The van der Waals surface area contributed by atoms with Gasteiger partial charge in [0.1, 0.15) is 0 Å². The number of hydrogen-bond donors (Lipinski definition) is 2. The largest absolute Gasteiger partial charge is 2.00 e. The fraction of sp³-hybridized carbons (Fsp3) is 0. The molecule has 0 aromatic heterocycles. The zero-order valence-corrected chi connectivity index (χ0v) is 9.60. The van der Waals surface area contributed by atoms with E-state index in [0.717, 1.165) is 0 Å². The predicted molar refractivity (Wildman–Crippen MR) is 25.4 cm³/mol. The second kappa shape index (κ2) is 11.7. The van der Waals surface area contributed by atoms with Crippen LogP contribution < -0.4 is 9.79 Å². The minimum absolute atomic E-state index is 0. The molecule has 0 aliphatic carbocycles. The Balaban J connectivity index is -0.0000000720. The quantitative estimate of drug-likeness (QED) is 0.364. The number of rotatable bonds is 0. The van der Waals surface area contributed by atoms with Crippen molar-refractivity contribution < 1.29 is 28.7 Å². The Labute approximate surface area is 72.6 Å². The van der Waals surface area contributed by atoms with Crippen LogP contribution in [0.5, 0.6) is 0 Å². The molecule has 6 nitrogen and oxygen atoms in total. The monoisotopic (exact) mass is 368 g/mol. The average molecular weight is 367 g/mol. The van der Waals surface area contributed by atoms with Crippen molar-refractivity contribution in [1.82, 2.24) is 0 Å². The molecule has 2 atom stereocenters. The molecule has 0 saturated heterocycles. The maximum Gasteiger partial charge on any atom is 2.00 e. The molecular weight excluding hydrogens is 365 g/mol. The van der Waals surface area contributed by atoms with Crippen molar-refractivity contribution in [1.29, 1.82) is 0 Å². The Hall–Kier alpha value is 0.962. The molecular formula is H2O6P2Pb+2. The van der Waals surface area contributed by atoms with E-state index in [1.54, 1.807) is 0 Å². The van der Waals surface area contributed by atoms with Gasteiger partial charge in [-0.3, -0.25) is 0 Å². The van der Waals surface area contributed by atoms with E-state index in [0.29, 0.717) is 0 Å². The molecule has 0 aliphatic rings. The molecule has 2 unspecified atom stereocenters. The smallest absolute Gasteiger partial charge is 0.567 e. The molecule has 9 heteroatoms. The Morgan fingerprint density at radius 2 is 1.00 bits per heavy atom. The Bertz CT molecular complexity index is 69.1. The Kier molecular flexibility index (Phi) is 21.5. The van der Waals surface area contributed by atoms with E-state index < -0.39 is 16.5 Å². The van der Waals surface area contributed by atoms with Gasteiger partial charge in [0.2, 0.25) is 0 Å². The van der Waals surface area contributed by atoms with E-state index >= 15 is 0 Å². The molecule has 0 heterocycles. The van der Waals surface area contributed by atoms with E-state index in [1.165, 1.54) is 0 Å². The van der Waals surface area contributed by atoms with Gasteiger partial charge in [-0.2, -0.15) is 9.79 Å². The molecule has 0 aliphatic heterocycles. The van der Waals surface area contributed by atoms with Gasteiger partial charge >= 0.3 is 43.8 Å². The molecule has 0 saturated carbocycles. The van der Waals surface area contributed by atoms with E-state index in [9.17, 15) is 0 Å². The molecule has 0 amide bonds. The first kappa shape index (κ1) is 16.5. The molecule has 50 valence electrons. The summed E-state index contributed by atoms with van der Waals surface area (Å²) in [5.74, 6) is 0. The van der Waals surface area contributed by atoms with Crippen molar-refractivity contribution in [3.8, 4) is 0 Å². The number of hydrogen-bond acceptors (Lipinski definition) is 4. The van der Waals surface area contributed by atoms with Crippen molar-refractivity contribution in [3.63, 3.8) is 0 Å². The van der Waals surface area contributed by atoms with Crippen molar-refractivity contribution in [2.24, 2.45) is 0 Å². The van der Waals surface area contributed by atoms with Gasteiger partial charge in [0.25, 0.3) is 0 Å². The molecule has 0 rings (SSSR count). The van der Waals surface area contributed by atoms with Crippen LogP contribution >= 0.6 is 16.5 Å². The summed E-state index contributed by atoms with van der Waals surface area (Å²) in [5.41, 5.74) is 0. The van der Waals surface area contributed by atoms with Gasteiger partial charge in [-0.05, 0) is 9.13 Å². The van der Waals surface area contributed by atoms with Gasteiger partial charge in [-0.25, -0.2) is 0 Å². The van der Waals surface area contributed by atoms with Crippen LogP contribution in [-0.4, -0.2) is 37.1 Å². The third-order valence-electron chi connectivity index (χ3n) is 0. The van der Waals surface area contributed by atoms with Gasteiger partial charge in [0, 0.05) is 0 Å². The van der Waals surface area contributed by atoms with Crippen LogP contribution in [0.15, 0.2) is 0 Å². The third-order valence-corrected chi connectivity index (χ3v) is 0. The first-order valence-corrected chi connectivity index (χ1v) is 3.39. The van der Waals surface area contributed by atoms with Crippen LogP contribution in [-0.2, 0) is 9.13 Å². The SMILES string of the molecule is O=[P+]([O-])O.O=[P+]([O-])O.[Pb+2]. The molecule has 0 aromatic carbocycles. The van der Waals surface area contributed by atoms with Gasteiger partial charge in [0.05, 0.1) is 0 Å². The van der Waals surface area contributed by atoms with Gasteiger partial charge < -0.3 is 9.79 Å². The second-order valence-electron chi connectivity index (χ2n) is 0.476. The molecule has 2 N–H and O–H groups in total. The maximum atomic E-state index is 8.59. The zero-order valence-electron chi connectivity index (χ0n) is 3.92. The van der Waals surface area contributed by atoms with Crippen LogP contribution in [0.2, 0.25) is 0 Å². The van der Waals surface area contributed by atoms with Crippen LogP contribution in [0, 0.1) is 0 Å². The van der Waals surface area contributed by atoms with Crippen molar-refractivity contribution in [2.45, 2.75) is 0 Å². The summed E-state index contributed by atoms with van der Waals surface area (Å²) in [4.78, 5) is 31.2. The van der Waals surface area contributed by atoms with E-state index in [-0.39, 0.29) is 27.3 Å². The predicted octanol–water partition coefficient (Wildman–Crippen LogP) is -2.39. The van der Waals surface area contributed by atoms with Crippen molar-refractivity contribution in [3.05, 3.63) is 0 Å². The molecule has 2 radical (unpaired) electrons. The van der Waals surface area contributed by atoms with Gasteiger partial charge in [0.15, 0.2) is 0 Å². The minimum Gasteiger partial charge on any atom is -0.567 e. The minimum atomic E-state index is -3.12. The average Bonchev–Trinajstić information content (AvgIpc) is 1.25. The van der Waals surface area contributed by atoms with Crippen molar-refractivity contribution >= 4 is 43.8 Å². The van der Waals surface area contributed by atoms with Crippen LogP contribution in [0.4, 0.5) is 0 Å². The topological polar surface area (TPSA) is 121 Å². The summed E-state index contributed by atoms with van der Waals surface area (Å²) in [6.45, 7) is 0. The molecule has 0 fully saturated rings. The van der Waals surface area contributed by atoms with E-state index in [1.807, 2.05) is 0 Å². The third kappa shape index (κ3) is 469. The molecule has 0 bridgehead atoms. The van der Waals surface area contributed by atoms with Gasteiger partial charge in [-0.15, -0.1) is 0 Å². The van der Waals surface area contributed by atoms with E-state index in [2.05, 4.69) is 0 Å². The molecule has 9 heavy (non-hydrogen) atoms. The van der Waals surface area contributed by atoms with Crippen LogP contribution in [0.1, 0.15) is 0 Å². The second-order valence-corrected chi connectivity index (χ2v) is 1.43. The standard InChI is InChI=1S/2HO3P.Pb/c2*1-4(2)3;/h2*(H,1,2,3);/q;;+2. The van der Waals surface area contributed by atoms with Crippen LogP contribution in [0.25, 0.3) is 0 Å².